The summed E-state index contributed by atoms with van der Waals surface area (Å²) in [5.74, 6) is 2.40. The van der Waals surface area contributed by atoms with Gasteiger partial charge in [-0.15, -0.1) is 0 Å². The van der Waals surface area contributed by atoms with Crippen LogP contribution in [0.3, 0.4) is 0 Å². The highest BCUT2D eigenvalue weighted by atomic mass is 14.9. The van der Waals surface area contributed by atoms with Crippen LogP contribution in [0.15, 0.2) is 24.3 Å². The number of aryl methyl sites for hydroxylation is 1. The number of nitrogens with one attached hydrogen (secondary N) is 1. The van der Waals surface area contributed by atoms with E-state index < -0.39 is 0 Å². The summed E-state index contributed by atoms with van der Waals surface area (Å²) in [6.45, 7) is 8.98. The summed E-state index contributed by atoms with van der Waals surface area (Å²) >= 11 is 0. The molecule has 1 aromatic rings. The molecule has 1 atom stereocenters. The molecule has 94 valence electrons. The molecule has 0 aliphatic heterocycles. The van der Waals surface area contributed by atoms with Gasteiger partial charge in [0.1, 0.15) is 0 Å². The van der Waals surface area contributed by atoms with Crippen molar-refractivity contribution in [1.82, 2.24) is 5.32 Å². The second kappa shape index (κ2) is 5.68. The molecule has 1 aliphatic carbocycles. The van der Waals surface area contributed by atoms with Crippen molar-refractivity contribution >= 4 is 0 Å². The van der Waals surface area contributed by atoms with E-state index in [-0.39, 0.29) is 0 Å². The number of hydrogen-bond acceptors (Lipinski definition) is 1. The van der Waals surface area contributed by atoms with Crippen molar-refractivity contribution in [3.05, 3.63) is 35.4 Å². The quantitative estimate of drug-likeness (QED) is 0.786. The second-order valence-electron chi connectivity index (χ2n) is 5.91. The molecule has 17 heavy (non-hydrogen) atoms. The molecule has 0 spiro atoms. The summed E-state index contributed by atoms with van der Waals surface area (Å²) in [4.78, 5) is 0. The summed E-state index contributed by atoms with van der Waals surface area (Å²) in [6, 6.07) is 9.12. The Hall–Kier alpha value is -0.820. The molecule has 0 heterocycles. The Morgan fingerprint density at radius 3 is 2.29 bits per heavy atom. The molecule has 0 amide bonds. The summed E-state index contributed by atoms with van der Waals surface area (Å²) < 4.78 is 0. The molecule has 1 fully saturated rings. The molecule has 1 heteroatoms. The van der Waals surface area contributed by atoms with Crippen LogP contribution in [0, 0.1) is 18.8 Å². The van der Waals surface area contributed by atoms with Gasteiger partial charge in [-0.3, -0.25) is 0 Å². The average molecular weight is 231 g/mol. The van der Waals surface area contributed by atoms with Gasteiger partial charge < -0.3 is 5.32 Å². The topological polar surface area (TPSA) is 12.0 Å². The fraction of sp³-hybridized carbons (Fsp3) is 0.625. The third-order valence-corrected chi connectivity index (χ3v) is 3.61. The van der Waals surface area contributed by atoms with E-state index in [2.05, 4.69) is 50.4 Å². The molecule has 1 N–H and O–H groups in total. The Balaban J connectivity index is 1.94. The van der Waals surface area contributed by atoms with Crippen molar-refractivity contribution in [2.24, 2.45) is 11.8 Å². The molecule has 0 radical (unpaired) electrons. The first kappa shape index (κ1) is 12.6. The lowest BCUT2D eigenvalue weighted by Crippen LogP contribution is -2.26. The van der Waals surface area contributed by atoms with Crippen molar-refractivity contribution in [1.29, 1.82) is 0 Å². The molecule has 0 saturated heterocycles. The fourth-order valence-electron chi connectivity index (χ4n) is 2.40. The lowest BCUT2D eigenvalue weighted by atomic mass is 9.93. The van der Waals surface area contributed by atoms with Crippen molar-refractivity contribution in [3.8, 4) is 0 Å². The second-order valence-corrected chi connectivity index (χ2v) is 5.91. The minimum absolute atomic E-state index is 0.731. The standard InChI is InChI=1S/C16H25N/c1-12(2)10-17-11-16(15-8-9-15)14-6-4-13(3)5-7-14/h4-7,12,15-17H,8-11H2,1-3H3. The van der Waals surface area contributed by atoms with Crippen molar-refractivity contribution in [3.63, 3.8) is 0 Å². The predicted octanol–water partition coefficient (Wildman–Crippen LogP) is 3.73. The smallest absolute Gasteiger partial charge is 0.00229 e. The molecule has 1 aromatic carbocycles. The third kappa shape index (κ3) is 3.85. The van der Waals surface area contributed by atoms with Gasteiger partial charge in [-0.05, 0) is 49.6 Å². The van der Waals surface area contributed by atoms with Crippen LogP contribution in [-0.4, -0.2) is 13.1 Å². The predicted molar refractivity (Wildman–Crippen MR) is 74.4 cm³/mol. The van der Waals surface area contributed by atoms with Gasteiger partial charge in [-0.1, -0.05) is 43.7 Å². The van der Waals surface area contributed by atoms with Gasteiger partial charge in [-0.25, -0.2) is 0 Å². The van der Waals surface area contributed by atoms with Crippen molar-refractivity contribution in [2.45, 2.75) is 39.5 Å². The van der Waals surface area contributed by atoms with Gasteiger partial charge >= 0.3 is 0 Å². The van der Waals surface area contributed by atoms with Gasteiger partial charge in [0.05, 0.1) is 0 Å². The highest BCUT2D eigenvalue weighted by Gasteiger charge is 2.31. The summed E-state index contributed by atoms with van der Waals surface area (Å²) in [5.41, 5.74) is 2.88. The minimum Gasteiger partial charge on any atom is -0.316 e. The Bertz CT molecular complexity index is 335. The molecular weight excluding hydrogens is 206 g/mol. The van der Waals surface area contributed by atoms with E-state index in [0.717, 1.165) is 30.8 Å². The summed E-state index contributed by atoms with van der Waals surface area (Å²) in [6.07, 6.45) is 2.84. The van der Waals surface area contributed by atoms with E-state index in [1.54, 1.807) is 0 Å². The molecule has 1 unspecified atom stereocenters. The molecule has 2 rings (SSSR count). The van der Waals surface area contributed by atoms with Gasteiger partial charge in [0.15, 0.2) is 0 Å². The molecule has 1 aliphatic rings. The maximum Gasteiger partial charge on any atom is 0.00229 e. The molecule has 1 saturated carbocycles. The molecule has 0 bridgehead atoms. The number of benzene rings is 1. The highest BCUT2D eigenvalue weighted by molar-refractivity contribution is 5.26. The first-order chi connectivity index (χ1) is 8.16. The maximum atomic E-state index is 3.62. The van der Waals surface area contributed by atoms with Crippen LogP contribution in [0.2, 0.25) is 0 Å². The maximum absolute atomic E-state index is 3.62. The zero-order valence-electron chi connectivity index (χ0n) is 11.4. The van der Waals surface area contributed by atoms with Crippen LogP contribution in [0.5, 0.6) is 0 Å². The summed E-state index contributed by atoms with van der Waals surface area (Å²) in [7, 11) is 0. The Labute approximate surface area is 106 Å². The monoisotopic (exact) mass is 231 g/mol. The average Bonchev–Trinajstić information content (AvgIpc) is 3.10. The third-order valence-electron chi connectivity index (χ3n) is 3.61. The Morgan fingerprint density at radius 1 is 1.12 bits per heavy atom. The molecule has 1 nitrogen and oxygen atoms in total. The van der Waals surface area contributed by atoms with E-state index in [1.807, 2.05) is 0 Å². The molecule has 0 aromatic heterocycles. The van der Waals surface area contributed by atoms with Crippen LogP contribution in [-0.2, 0) is 0 Å². The van der Waals surface area contributed by atoms with Crippen LogP contribution < -0.4 is 5.32 Å². The normalized spacial score (nSPS) is 17.4. The van der Waals surface area contributed by atoms with Gasteiger partial charge in [0, 0.05) is 6.54 Å². The zero-order valence-corrected chi connectivity index (χ0v) is 11.4. The van der Waals surface area contributed by atoms with Gasteiger partial charge in [0.25, 0.3) is 0 Å². The molecular formula is C16H25N. The van der Waals surface area contributed by atoms with E-state index in [4.69, 9.17) is 0 Å². The first-order valence-electron chi connectivity index (χ1n) is 6.94. The fourth-order valence-corrected chi connectivity index (χ4v) is 2.40. The lowest BCUT2D eigenvalue weighted by molar-refractivity contribution is 0.491. The minimum atomic E-state index is 0.731. The van der Waals surface area contributed by atoms with E-state index in [9.17, 15) is 0 Å². The van der Waals surface area contributed by atoms with E-state index >= 15 is 0 Å². The number of rotatable bonds is 6. The Morgan fingerprint density at radius 2 is 1.76 bits per heavy atom. The lowest BCUT2D eigenvalue weighted by Gasteiger charge is -2.18. The van der Waals surface area contributed by atoms with Crippen molar-refractivity contribution in [2.75, 3.05) is 13.1 Å². The first-order valence-corrected chi connectivity index (χ1v) is 6.94. The van der Waals surface area contributed by atoms with Crippen LogP contribution >= 0.6 is 0 Å². The van der Waals surface area contributed by atoms with Gasteiger partial charge in [0.2, 0.25) is 0 Å². The SMILES string of the molecule is Cc1ccc(C(CNCC(C)C)C2CC2)cc1. The van der Waals surface area contributed by atoms with Crippen LogP contribution in [0.4, 0.5) is 0 Å². The van der Waals surface area contributed by atoms with Crippen LogP contribution in [0.25, 0.3) is 0 Å². The number of hydrogen-bond donors (Lipinski definition) is 1. The van der Waals surface area contributed by atoms with E-state index in [0.29, 0.717) is 0 Å². The van der Waals surface area contributed by atoms with Crippen LogP contribution in [0.1, 0.15) is 43.7 Å². The van der Waals surface area contributed by atoms with E-state index in [1.165, 1.54) is 24.0 Å². The largest absolute Gasteiger partial charge is 0.316 e. The Kier molecular flexibility index (Phi) is 4.22. The zero-order chi connectivity index (χ0) is 12.3. The van der Waals surface area contributed by atoms with Crippen molar-refractivity contribution < 1.29 is 0 Å². The summed E-state index contributed by atoms with van der Waals surface area (Å²) in [5, 5.41) is 3.62. The highest BCUT2D eigenvalue weighted by Crippen LogP contribution is 2.42. The van der Waals surface area contributed by atoms with Gasteiger partial charge in [-0.2, -0.15) is 0 Å².